The highest BCUT2D eigenvalue weighted by atomic mass is 16.6. The molecule has 0 radical (unpaired) electrons. The van der Waals surface area contributed by atoms with Crippen molar-refractivity contribution >= 4 is 28.9 Å². The number of nitro benzene ring substituents is 1. The summed E-state index contributed by atoms with van der Waals surface area (Å²) in [6.07, 6.45) is 0.178. The molecule has 1 aliphatic heterocycles. The van der Waals surface area contributed by atoms with Gasteiger partial charge in [-0.2, -0.15) is 0 Å². The van der Waals surface area contributed by atoms with E-state index in [2.05, 4.69) is 10.6 Å². The van der Waals surface area contributed by atoms with Gasteiger partial charge in [0.05, 0.1) is 10.8 Å². The number of carbonyl (C=O) groups is 2. The number of nitrogens with zero attached hydrogens (tertiary/aromatic N) is 2. The molecule has 1 heterocycles. The lowest BCUT2D eigenvalue weighted by Gasteiger charge is -2.17. The molecule has 8 nitrogen and oxygen atoms in total. The Labute approximate surface area is 162 Å². The number of anilines is 2. The predicted molar refractivity (Wildman–Crippen MR) is 106 cm³/mol. The molecule has 1 saturated heterocycles. The number of benzene rings is 2. The van der Waals surface area contributed by atoms with Gasteiger partial charge >= 0.3 is 0 Å². The number of hydrogen-bond donors (Lipinski definition) is 2. The summed E-state index contributed by atoms with van der Waals surface area (Å²) in [5.74, 6) is -0.658. The average Bonchev–Trinajstić information content (AvgIpc) is 3.07. The van der Waals surface area contributed by atoms with E-state index < -0.39 is 10.8 Å². The summed E-state index contributed by atoms with van der Waals surface area (Å²) >= 11 is 0. The number of nitro groups is 1. The van der Waals surface area contributed by atoms with Crippen LogP contribution in [0, 0.1) is 23.0 Å². The molecule has 3 rings (SSSR count). The zero-order valence-corrected chi connectivity index (χ0v) is 15.6. The molecule has 8 heteroatoms. The summed E-state index contributed by atoms with van der Waals surface area (Å²) in [7, 11) is 0. The van der Waals surface area contributed by atoms with Gasteiger partial charge in [-0.1, -0.05) is 29.8 Å². The highest BCUT2D eigenvalue weighted by Gasteiger charge is 2.34. The van der Waals surface area contributed by atoms with E-state index in [1.54, 1.807) is 23.1 Å². The Morgan fingerprint density at radius 2 is 1.89 bits per heavy atom. The minimum Gasteiger partial charge on any atom is -0.378 e. The average molecular weight is 382 g/mol. The number of amides is 2. The van der Waals surface area contributed by atoms with E-state index in [0.717, 1.165) is 11.3 Å². The third-order valence-electron chi connectivity index (χ3n) is 4.68. The second-order valence-corrected chi connectivity index (χ2v) is 6.73. The zero-order chi connectivity index (χ0) is 20.1. The number of aryl methyl sites for hydroxylation is 1. The fourth-order valence-electron chi connectivity index (χ4n) is 3.17. The Kier molecular flexibility index (Phi) is 5.88. The summed E-state index contributed by atoms with van der Waals surface area (Å²) in [5, 5.41) is 16.7. The van der Waals surface area contributed by atoms with Crippen molar-refractivity contribution < 1.29 is 14.5 Å². The first-order chi connectivity index (χ1) is 13.5. The van der Waals surface area contributed by atoms with E-state index in [1.807, 2.05) is 31.2 Å². The maximum absolute atomic E-state index is 12.4. The predicted octanol–water partition coefficient (Wildman–Crippen LogP) is 2.48. The largest absolute Gasteiger partial charge is 0.378 e. The van der Waals surface area contributed by atoms with E-state index in [9.17, 15) is 19.7 Å². The number of rotatable bonds is 7. The summed E-state index contributed by atoms with van der Waals surface area (Å²) < 4.78 is 0. The van der Waals surface area contributed by atoms with Gasteiger partial charge in [0.2, 0.25) is 11.8 Å². The van der Waals surface area contributed by atoms with Crippen LogP contribution >= 0.6 is 0 Å². The van der Waals surface area contributed by atoms with Gasteiger partial charge in [-0.3, -0.25) is 19.7 Å². The highest BCUT2D eigenvalue weighted by molar-refractivity contribution is 6.00. The summed E-state index contributed by atoms with van der Waals surface area (Å²) in [6, 6.07) is 14.0. The van der Waals surface area contributed by atoms with Crippen LogP contribution in [0.4, 0.5) is 17.1 Å². The van der Waals surface area contributed by atoms with Gasteiger partial charge in [-0.25, -0.2) is 0 Å². The molecular formula is C20H22N4O4. The number of nitrogens with one attached hydrogen (secondary N) is 2. The zero-order valence-electron chi connectivity index (χ0n) is 15.6. The Morgan fingerprint density at radius 1 is 1.18 bits per heavy atom. The van der Waals surface area contributed by atoms with E-state index in [1.165, 1.54) is 6.07 Å². The molecule has 2 N–H and O–H groups in total. The molecule has 1 aliphatic rings. The van der Waals surface area contributed by atoms with Gasteiger partial charge in [-0.05, 0) is 25.1 Å². The quantitative estimate of drug-likeness (QED) is 0.435. The highest BCUT2D eigenvalue weighted by Crippen LogP contribution is 2.25. The Hall–Kier alpha value is -3.42. The normalized spacial score (nSPS) is 16.1. The first-order valence-electron chi connectivity index (χ1n) is 9.07. The van der Waals surface area contributed by atoms with Crippen LogP contribution in [0.2, 0.25) is 0 Å². The molecule has 0 aromatic heterocycles. The van der Waals surface area contributed by atoms with Gasteiger partial charge in [0.15, 0.2) is 0 Å². The van der Waals surface area contributed by atoms with Crippen LogP contribution in [0.25, 0.3) is 0 Å². The summed E-state index contributed by atoms with van der Waals surface area (Å²) in [5.41, 5.74) is 2.30. The second-order valence-electron chi connectivity index (χ2n) is 6.73. The molecule has 0 saturated carbocycles. The fraction of sp³-hybridized carbons (Fsp3) is 0.300. The Balaban J connectivity index is 1.49. The number of para-hydroxylation sites is 2. The molecule has 1 atom stereocenters. The third-order valence-corrected chi connectivity index (χ3v) is 4.68. The van der Waals surface area contributed by atoms with Crippen molar-refractivity contribution in [2.75, 3.05) is 29.9 Å². The fourth-order valence-corrected chi connectivity index (χ4v) is 3.17. The molecule has 0 unspecified atom stereocenters. The first kappa shape index (κ1) is 19.3. The van der Waals surface area contributed by atoms with Gasteiger partial charge in [-0.15, -0.1) is 0 Å². The summed E-state index contributed by atoms with van der Waals surface area (Å²) in [4.78, 5) is 36.8. The topological polar surface area (TPSA) is 105 Å². The van der Waals surface area contributed by atoms with Crippen LogP contribution < -0.4 is 15.5 Å². The Bertz CT molecular complexity index is 882. The molecule has 2 amide bonds. The van der Waals surface area contributed by atoms with E-state index in [-0.39, 0.29) is 23.9 Å². The standard InChI is InChI=1S/C20H22N4O4/c1-14-6-8-16(9-7-14)23-13-15(12-19(23)25)20(26)22-11-10-21-17-4-2-3-5-18(17)24(27)28/h2-9,15,21H,10-13H2,1H3,(H,22,26)/t15-/m1/s1. The molecular weight excluding hydrogens is 360 g/mol. The van der Waals surface area contributed by atoms with Crippen LogP contribution in [0.5, 0.6) is 0 Å². The van der Waals surface area contributed by atoms with Crippen molar-refractivity contribution in [3.63, 3.8) is 0 Å². The molecule has 28 heavy (non-hydrogen) atoms. The smallest absolute Gasteiger partial charge is 0.292 e. The van der Waals surface area contributed by atoms with E-state index in [0.29, 0.717) is 25.3 Å². The minimum absolute atomic E-state index is 0.0102. The van der Waals surface area contributed by atoms with Crippen molar-refractivity contribution in [3.8, 4) is 0 Å². The monoisotopic (exact) mass is 382 g/mol. The van der Waals surface area contributed by atoms with Crippen LogP contribution in [0.1, 0.15) is 12.0 Å². The van der Waals surface area contributed by atoms with Crippen molar-refractivity contribution in [2.45, 2.75) is 13.3 Å². The van der Waals surface area contributed by atoms with Crippen LogP contribution in [-0.4, -0.2) is 36.4 Å². The summed E-state index contributed by atoms with van der Waals surface area (Å²) in [6.45, 7) is 2.98. The van der Waals surface area contributed by atoms with E-state index >= 15 is 0 Å². The Morgan fingerprint density at radius 3 is 2.61 bits per heavy atom. The molecule has 0 bridgehead atoms. The molecule has 146 valence electrons. The lowest BCUT2D eigenvalue weighted by Crippen LogP contribution is -2.35. The van der Waals surface area contributed by atoms with Crippen molar-refractivity contribution in [3.05, 3.63) is 64.2 Å². The first-order valence-corrected chi connectivity index (χ1v) is 9.07. The molecule has 2 aromatic rings. The van der Waals surface area contributed by atoms with Crippen LogP contribution in [0.15, 0.2) is 48.5 Å². The van der Waals surface area contributed by atoms with Crippen molar-refractivity contribution in [1.82, 2.24) is 5.32 Å². The lowest BCUT2D eigenvalue weighted by atomic mass is 10.1. The second kappa shape index (κ2) is 8.51. The van der Waals surface area contributed by atoms with Crippen molar-refractivity contribution in [2.24, 2.45) is 5.92 Å². The molecule has 2 aromatic carbocycles. The van der Waals surface area contributed by atoms with Crippen molar-refractivity contribution in [1.29, 1.82) is 0 Å². The maximum Gasteiger partial charge on any atom is 0.292 e. The number of hydrogen-bond acceptors (Lipinski definition) is 5. The van der Waals surface area contributed by atoms with Crippen LogP contribution in [0.3, 0.4) is 0 Å². The van der Waals surface area contributed by atoms with E-state index in [4.69, 9.17) is 0 Å². The molecule has 0 aliphatic carbocycles. The van der Waals surface area contributed by atoms with Gasteiger partial charge in [0, 0.05) is 37.8 Å². The minimum atomic E-state index is -0.454. The van der Waals surface area contributed by atoms with Crippen LogP contribution in [-0.2, 0) is 9.59 Å². The van der Waals surface area contributed by atoms with Gasteiger partial charge < -0.3 is 15.5 Å². The molecule has 0 spiro atoms. The maximum atomic E-state index is 12.4. The molecule has 1 fully saturated rings. The lowest BCUT2D eigenvalue weighted by molar-refractivity contribution is -0.384. The van der Waals surface area contributed by atoms with Gasteiger partial charge in [0.25, 0.3) is 5.69 Å². The third kappa shape index (κ3) is 4.46. The number of carbonyl (C=O) groups excluding carboxylic acids is 2. The van der Waals surface area contributed by atoms with Gasteiger partial charge in [0.1, 0.15) is 5.69 Å². The SMILES string of the molecule is Cc1ccc(N2C[C@H](C(=O)NCCNc3ccccc3[N+](=O)[O-])CC2=O)cc1.